The summed E-state index contributed by atoms with van der Waals surface area (Å²) in [6, 6.07) is 13.7. The van der Waals surface area contributed by atoms with E-state index in [1.54, 1.807) is 37.3 Å². The van der Waals surface area contributed by atoms with Crippen molar-refractivity contribution < 1.29 is 27.6 Å². The molecule has 6 nitrogen and oxygen atoms in total. The van der Waals surface area contributed by atoms with Crippen molar-refractivity contribution in [2.75, 3.05) is 15.5 Å². The zero-order valence-corrected chi connectivity index (χ0v) is 20.8. The number of nitrogens with zero attached hydrogens (tertiary/aromatic N) is 1. The van der Waals surface area contributed by atoms with E-state index in [0.29, 0.717) is 16.9 Å². The molecular formula is C26H18Cl2F3N3O3. The van der Waals surface area contributed by atoms with Crippen LogP contribution < -0.4 is 15.5 Å². The molecule has 4 rings (SSSR count). The van der Waals surface area contributed by atoms with E-state index in [-0.39, 0.29) is 27.0 Å². The molecule has 0 aromatic heterocycles. The molecule has 0 bridgehead atoms. The smallest absolute Gasteiger partial charge is 0.349 e. The Kier molecular flexibility index (Phi) is 7.03. The molecule has 1 heterocycles. The van der Waals surface area contributed by atoms with Crippen LogP contribution in [0.25, 0.3) is 0 Å². The van der Waals surface area contributed by atoms with Crippen LogP contribution in [-0.2, 0) is 15.8 Å². The quantitative estimate of drug-likeness (QED) is 0.350. The van der Waals surface area contributed by atoms with E-state index in [2.05, 4.69) is 10.6 Å². The molecule has 0 radical (unpaired) electrons. The number of anilines is 3. The molecule has 37 heavy (non-hydrogen) atoms. The molecule has 3 aromatic carbocycles. The number of amides is 3. The Labute approximate surface area is 219 Å². The molecule has 3 amide bonds. The minimum Gasteiger partial charge on any atom is -0.349 e. The van der Waals surface area contributed by atoms with E-state index in [1.165, 1.54) is 12.1 Å². The highest BCUT2D eigenvalue weighted by atomic mass is 35.5. The Balaban J connectivity index is 1.59. The Bertz CT molecular complexity index is 1470. The van der Waals surface area contributed by atoms with Crippen LogP contribution in [0.15, 0.2) is 71.4 Å². The van der Waals surface area contributed by atoms with Crippen LogP contribution >= 0.6 is 23.2 Å². The fourth-order valence-electron chi connectivity index (χ4n) is 3.56. The lowest BCUT2D eigenvalue weighted by atomic mass is 10.1. The first-order chi connectivity index (χ1) is 17.4. The van der Waals surface area contributed by atoms with Crippen LogP contribution in [0.3, 0.4) is 0 Å². The van der Waals surface area contributed by atoms with Gasteiger partial charge in [0.2, 0.25) is 0 Å². The van der Waals surface area contributed by atoms with Crippen molar-refractivity contribution in [1.29, 1.82) is 0 Å². The van der Waals surface area contributed by atoms with Gasteiger partial charge in [0.25, 0.3) is 17.7 Å². The van der Waals surface area contributed by atoms with Crippen molar-refractivity contribution in [3.8, 4) is 0 Å². The zero-order chi connectivity index (χ0) is 27.1. The summed E-state index contributed by atoms with van der Waals surface area (Å²) >= 11 is 12.2. The molecule has 0 fully saturated rings. The number of imide groups is 1. The predicted molar refractivity (Wildman–Crippen MR) is 136 cm³/mol. The van der Waals surface area contributed by atoms with Gasteiger partial charge >= 0.3 is 6.18 Å². The summed E-state index contributed by atoms with van der Waals surface area (Å²) in [5, 5.41) is 4.80. The fourth-order valence-corrected chi connectivity index (χ4v) is 3.94. The number of nitrogens with one attached hydrogen (secondary N) is 2. The van der Waals surface area contributed by atoms with Gasteiger partial charge in [-0.1, -0.05) is 47.0 Å². The molecule has 0 atom stereocenters. The maximum absolute atomic E-state index is 13.1. The second kappa shape index (κ2) is 9.91. The van der Waals surface area contributed by atoms with Crippen LogP contribution in [-0.4, -0.2) is 17.7 Å². The topological polar surface area (TPSA) is 78.5 Å². The monoisotopic (exact) mass is 547 g/mol. The van der Waals surface area contributed by atoms with Crippen molar-refractivity contribution in [3.05, 3.63) is 98.7 Å². The number of benzene rings is 3. The van der Waals surface area contributed by atoms with Gasteiger partial charge in [-0.3, -0.25) is 14.4 Å². The second-order valence-corrected chi connectivity index (χ2v) is 9.06. The average Bonchev–Trinajstić information content (AvgIpc) is 3.04. The third kappa shape index (κ3) is 5.33. The molecule has 0 saturated heterocycles. The first-order valence-corrected chi connectivity index (χ1v) is 11.5. The lowest BCUT2D eigenvalue weighted by Gasteiger charge is -2.16. The van der Waals surface area contributed by atoms with Crippen molar-refractivity contribution in [2.45, 2.75) is 20.0 Å². The lowest BCUT2D eigenvalue weighted by Crippen LogP contribution is -2.32. The first kappa shape index (κ1) is 26.2. The standard InChI is InChI=1S/C26H18Cl2F3N3O3/c1-13-3-8-17(9-4-13)34-24(36)21(28)22(25(34)37)32-19-11-15(6-5-14(19)2)23(35)33-20-12-16(26(29,30)31)7-10-18(20)27/h3-12,32H,1-2H3,(H,33,35). The maximum atomic E-state index is 13.1. The van der Waals surface area contributed by atoms with Gasteiger partial charge in [0.1, 0.15) is 10.7 Å². The van der Waals surface area contributed by atoms with Crippen LogP contribution in [0.5, 0.6) is 0 Å². The molecule has 190 valence electrons. The first-order valence-electron chi connectivity index (χ1n) is 10.8. The highest BCUT2D eigenvalue weighted by Crippen LogP contribution is 2.35. The lowest BCUT2D eigenvalue weighted by molar-refractivity contribution is -0.137. The molecule has 11 heteroatoms. The maximum Gasteiger partial charge on any atom is 0.416 e. The van der Waals surface area contributed by atoms with E-state index < -0.39 is 29.5 Å². The van der Waals surface area contributed by atoms with Gasteiger partial charge in [-0.05, 0) is 61.9 Å². The van der Waals surface area contributed by atoms with Crippen LogP contribution in [0.2, 0.25) is 5.02 Å². The van der Waals surface area contributed by atoms with Crippen LogP contribution in [0.1, 0.15) is 27.0 Å². The molecule has 0 unspecified atom stereocenters. The third-order valence-corrected chi connectivity index (χ3v) is 6.30. The Morgan fingerprint density at radius 3 is 2.19 bits per heavy atom. The van der Waals surface area contributed by atoms with Crippen molar-refractivity contribution in [2.24, 2.45) is 0 Å². The summed E-state index contributed by atoms with van der Waals surface area (Å²) in [5.74, 6) is -2.12. The fraction of sp³-hybridized carbons (Fsp3) is 0.115. The molecule has 0 spiro atoms. The predicted octanol–water partition coefficient (Wildman–Crippen LogP) is 6.66. The van der Waals surface area contributed by atoms with Gasteiger partial charge in [0, 0.05) is 11.3 Å². The zero-order valence-electron chi connectivity index (χ0n) is 19.3. The molecule has 3 aromatic rings. The molecule has 2 N–H and O–H groups in total. The Hall–Kier alpha value is -3.82. The average molecular weight is 548 g/mol. The highest BCUT2D eigenvalue weighted by Gasteiger charge is 2.39. The second-order valence-electron chi connectivity index (χ2n) is 8.27. The summed E-state index contributed by atoms with van der Waals surface area (Å²) in [4.78, 5) is 39.5. The van der Waals surface area contributed by atoms with E-state index in [0.717, 1.165) is 28.7 Å². The molecule has 0 saturated carbocycles. The number of aryl methyl sites for hydroxylation is 2. The van der Waals surface area contributed by atoms with Gasteiger partial charge < -0.3 is 10.6 Å². The minimum absolute atomic E-state index is 0.0606. The number of alkyl halides is 3. The van der Waals surface area contributed by atoms with Gasteiger partial charge in [-0.2, -0.15) is 13.2 Å². The number of hydrogen-bond donors (Lipinski definition) is 2. The third-order valence-electron chi connectivity index (χ3n) is 5.62. The summed E-state index contributed by atoms with van der Waals surface area (Å²) in [6.07, 6.45) is -4.62. The SMILES string of the molecule is Cc1ccc(N2C(=O)C(Cl)=C(Nc3cc(C(=O)Nc4cc(C(F)(F)F)ccc4Cl)ccc3C)C2=O)cc1. The number of rotatable bonds is 5. The molecule has 1 aliphatic rings. The van der Waals surface area contributed by atoms with Gasteiger partial charge in [-0.15, -0.1) is 0 Å². The summed E-state index contributed by atoms with van der Waals surface area (Å²) in [6.45, 7) is 3.56. The number of carbonyl (C=O) groups excluding carboxylic acids is 3. The number of carbonyl (C=O) groups is 3. The molecular weight excluding hydrogens is 530 g/mol. The van der Waals surface area contributed by atoms with Gasteiger partial charge in [-0.25, -0.2) is 4.90 Å². The Morgan fingerprint density at radius 2 is 1.54 bits per heavy atom. The Morgan fingerprint density at radius 1 is 0.865 bits per heavy atom. The summed E-state index contributed by atoms with van der Waals surface area (Å²) in [7, 11) is 0. The molecule has 0 aliphatic carbocycles. The van der Waals surface area contributed by atoms with Crippen LogP contribution in [0, 0.1) is 13.8 Å². The minimum atomic E-state index is -4.62. The normalized spacial score (nSPS) is 13.9. The van der Waals surface area contributed by atoms with E-state index in [9.17, 15) is 27.6 Å². The van der Waals surface area contributed by atoms with Crippen molar-refractivity contribution in [3.63, 3.8) is 0 Å². The highest BCUT2D eigenvalue weighted by molar-refractivity contribution is 6.53. The van der Waals surface area contributed by atoms with E-state index >= 15 is 0 Å². The number of hydrogen-bond acceptors (Lipinski definition) is 4. The van der Waals surface area contributed by atoms with Crippen molar-refractivity contribution in [1.82, 2.24) is 0 Å². The van der Waals surface area contributed by atoms with Gasteiger partial charge in [0.15, 0.2) is 0 Å². The van der Waals surface area contributed by atoms with E-state index in [1.807, 2.05) is 6.92 Å². The molecule has 1 aliphatic heterocycles. The van der Waals surface area contributed by atoms with E-state index in [4.69, 9.17) is 23.2 Å². The van der Waals surface area contributed by atoms with Crippen LogP contribution in [0.4, 0.5) is 30.2 Å². The summed E-state index contributed by atoms with van der Waals surface area (Å²) in [5.41, 5.74) is 0.896. The van der Waals surface area contributed by atoms with Gasteiger partial charge in [0.05, 0.1) is 22.0 Å². The van der Waals surface area contributed by atoms with Crippen molar-refractivity contribution >= 4 is 58.0 Å². The summed E-state index contributed by atoms with van der Waals surface area (Å²) < 4.78 is 39.2. The largest absolute Gasteiger partial charge is 0.416 e. The number of halogens is 5.